The Hall–Kier alpha value is -10.1. The van der Waals surface area contributed by atoms with E-state index in [2.05, 4.69) is 116 Å². The molecule has 0 unspecified atom stereocenters. The molecule has 0 atom stereocenters. The Morgan fingerprint density at radius 3 is 0.779 bits per heavy atom. The summed E-state index contributed by atoms with van der Waals surface area (Å²) in [6.07, 6.45) is 11.2. The van der Waals surface area contributed by atoms with E-state index >= 15 is 0 Å². The molecule has 434 valence electrons. The van der Waals surface area contributed by atoms with Crippen molar-refractivity contribution in [3.8, 4) is 56.7 Å². The third-order valence-electron chi connectivity index (χ3n) is 12.6. The predicted octanol–water partition coefficient (Wildman–Crippen LogP) is 17.8. The highest BCUT2D eigenvalue weighted by molar-refractivity contribution is 5.62. The van der Waals surface area contributed by atoms with Gasteiger partial charge in [0.1, 0.15) is 0 Å². The van der Waals surface area contributed by atoms with Gasteiger partial charge in [-0.2, -0.15) is 0 Å². The van der Waals surface area contributed by atoms with Gasteiger partial charge in [0, 0.05) is 93.9 Å². The number of aromatic nitrogens is 11. The van der Waals surface area contributed by atoms with Crippen molar-refractivity contribution in [2.75, 3.05) is 0 Å². The van der Waals surface area contributed by atoms with Crippen molar-refractivity contribution < 1.29 is 0 Å². The molecule has 0 saturated heterocycles. The van der Waals surface area contributed by atoms with E-state index in [0.29, 0.717) is 0 Å². The topological polar surface area (TPSA) is 142 Å². The lowest BCUT2D eigenvalue weighted by atomic mass is 10.1. The Labute approximate surface area is 510 Å². The lowest BCUT2D eigenvalue weighted by Gasteiger charge is -2.05. The quantitative estimate of drug-likeness (QED) is 0.163. The van der Waals surface area contributed by atoms with E-state index in [-0.39, 0.29) is 0 Å². The smallest absolute Gasteiger partial charge is 0.0894 e. The summed E-state index contributed by atoms with van der Waals surface area (Å²) >= 11 is 0. The monoisotopic (exact) mass is 1130 g/mol. The number of aryl methyl sites for hydroxylation is 14. The Balaban J connectivity index is 0.000000165. The van der Waals surface area contributed by atoms with Gasteiger partial charge in [-0.05, 0) is 228 Å². The third-order valence-corrected chi connectivity index (χ3v) is 12.6. The molecule has 0 amide bonds. The summed E-state index contributed by atoms with van der Waals surface area (Å²) < 4.78 is 0. The van der Waals surface area contributed by atoms with Crippen LogP contribution in [0.2, 0.25) is 0 Å². The zero-order chi connectivity index (χ0) is 61.8. The first-order valence-electron chi connectivity index (χ1n) is 28.6. The molecule has 12 rings (SSSR count). The van der Waals surface area contributed by atoms with Gasteiger partial charge in [0.15, 0.2) is 0 Å². The van der Waals surface area contributed by atoms with Crippen molar-refractivity contribution in [1.82, 2.24) is 54.8 Å². The molecule has 12 aromatic rings. The number of pyridine rings is 11. The highest BCUT2D eigenvalue weighted by atomic mass is 14.8. The summed E-state index contributed by atoms with van der Waals surface area (Å²) in [7, 11) is 0. The second-order valence-corrected chi connectivity index (χ2v) is 21.0. The van der Waals surface area contributed by atoms with E-state index in [4.69, 9.17) is 0 Å². The van der Waals surface area contributed by atoms with Crippen molar-refractivity contribution in [3.63, 3.8) is 0 Å². The Kier molecular flexibility index (Phi) is 25.6. The van der Waals surface area contributed by atoms with Gasteiger partial charge in [-0.1, -0.05) is 90.5 Å². The fourth-order valence-electron chi connectivity index (χ4n) is 8.01. The molecule has 0 fully saturated rings. The molecule has 86 heavy (non-hydrogen) atoms. The Bertz CT molecular complexity index is 3580. The maximum Gasteiger partial charge on any atom is 0.0894 e. The fourth-order valence-corrected chi connectivity index (χ4v) is 8.01. The van der Waals surface area contributed by atoms with Crippen molar-refractivity contribution in [2.45, 2.75) is 96.9 Å². The molecular weight excluding hydrogens is 1050 g/mol. The predicted molar refractivity (Wildman–Crippen MR) is 354 cm³/mol. The van der Waals surface area contributed by atoms with Crippen LogP contribution < -0.4 is 0 Å². The molecule has 11 aromatic heterocycles. The molecule has 11 heteroatoms. The van der Waals surface area contributed by atoms with Crippen molar-refractivity contribution in [1.29, 1.82) is 0 Å². The van der Waals surface area contributed by atoms with E-state index < -0.39 is 0 Å². The zero-order valence-corrected chi connectivity index (χ0v) is 52.3. The van der Waals surface area contributed by atoms with Gasteiger partial charge >= 0.3 is 0 Å². The van der Waals surface area contributed by atoms with Gasteiger partial charge in [0.2, 0.25) is 0 Å². The first-order valence-corrected chi connectivity index (χ1v) is 28.6. The second kappa shape index (κ2) is 33.8. The van der Waals surface area contributed by atoms with Crippen molar-refractivity contribution in [2.24, 2.45) is 0 Å². The summed E-state index contributed by atoms with van der Waals surface area (Å²) in [5, 5.41) is 0. The molecule has 0 bridgehead atoms. The molecule has 11 heterocycles. The van der Waals surface area contributed by atoms with Crippen LogP contribution in [-0.2, 0) is 0 Å². The van der Waals surface area contributed by atoms with E-state index in [9.17, 15) is 0 Å². The highest BCUT2D eigenvalue weighted by Crippen LogP contribution is 2.22. The number of hydrogen-bond donors (Lipinski definition) is 0. The van der Waals surface area contributed by atoms with E-state index in [1.807, 2.05) is 261 Å². The van der Waals surface area contributed by atoms with Crippen LogP contribution in [0.4, 0.5) is 0 Å². The van der Waals surface area contributed by atoms with E-state index in [1.165, 1.54) is 38.9 Å². The van der Waals surface area contributed by atoms with Gasteiger partial charge in [-0.3, -0.25) is 49.8 Å². The van der Waals surface area contributed by atoms with Crippen LogP contribution in [0, 0.1) is 96.9 Å². The molecule has 0 N–H and O–H groups in total. The third kappa shape index (κ3) is 23.3. The molecule has 1 aromatic carbocycles. The van der Waals surface area contributed by atoms with Crippen LogP contribution in [0.15, 0.2) is 225 Å². The van der Waals surface area contributed by atoms with Crippen LogP contribution in [0.5, 0.6) is 0 Å². The summed E-state index contributed by atoms with van der Waals surface area (Å²) in [6.45, 7) is 28.2. The molecule has 11 nitrogen and oxygen atoms in total. The summed E-state index contributed by atoms with van der Waals surface area (Å²) in [5.41, 5.74) is 25.3. The maximum absolute atomic E-state index is 4.67. The molecule has 0 radical (unpaired) electrons. The van der Waals surface area contributed by atoms with Gasteiger partial charge < -0.3 is 0 Å². The molecule has 0 aliphatic rings. The SMILES string of the molecule is Cc1ccc(-c2ccc(C)cn2)cc1.Cc1ccc(-c2ccc(C)nc2)nc1.Cc1ccc(C)nc1.Cc1cccc(-c2cccc(-c3cccc(C)n3)n2)n1.Cc1cccc(-c2cccc(C)n2)n1.Cc1cccc(C)n1.Cc1cncc(C)c1. The standard InChI is InChI=1S/C17H15N3.C13H13N.2C12H12N2.3C7H9N/c1-12-6-3-8-14(18-12)16-10-5-11-17(20-16)15-9-4-7-13(2)19-15;1-10-3-6-12(7-4-10)13-8-5-11(2)9-14-13;1-9-3-6-12(14-7-9)11-5-4-10(2)13-8-11;1-9-5-3-7-11(13-9)12-8-4-6-10(2)14-12;1-6-3-7(2)5-8-4-6;1-6-3-4-7(2)8-5-6;1-6-4-3-5-7(2)8-6/h3-11H,1-2H3;3-9H,1-2H3;2*3-8H,1-2H3;3*3-5H,1-2H3. The first kappa shape index (κ1) is 65.0. The average molecular weight is 1130 g/mol. The van der Waals surface area contributed by atoms with Crippen LogP contribution >= 0.6 is 0 Å². The fraction of sp³-hybridized carbons (Fsp3) is 0.187. The summed E-state index contributed by atoms with van der Waals surface area (Å²) in [6, 6.07) is 62.6. The minimum atomic E-state index is 0.870. The first-order chi connectivity index (χ1) is 41.3. The molecular formula is C75H79N11. The molecule has 0 aliphatic heterocycles. The van der Waals surface area contributed by atoms with E-state index in [1.54, 1.807) is 0 Å². The van der Waals surface area contributed by atoms with Crippen LogP contribution in [0.1, 0.15) is 78.9 Å². The highest BCUT2D eigenvalue weighted by Gasteiger charge is 2.07. The van der Waals surface area contributed by atoms with Gasteiger partial charge in [-0.15, -0.1) is 0 Å². The Morgan fingerprint density at radius 2 is 0.488 bits per heavy atom. The van der Waals surface area contributed by atoms with Crippen molar-refractivity contribution >= 4 is 0 Å². The number of hydrogen-bond acceptors (Lipinski definition) is 11. The lowest BCUT2D eigenvalue weighted by Crippen LogP contribution is -1.93. The van der Waals surface area contributed by atoms with Gasteiger partial charge in [0.05, 0.1) is 45.6 Å². The minimum absolute atomic E-state index is 0.870. The normalized spacial score (nSPS) is 9.98. The number of nitrogens with zero attached hydrogens (tertiary/aromatic N) is 11. The lowest BCUT2D eigenvalue weighted by molar-refractivity contribution is 1.12. The van der Waals surface area contributed by atoms with Crippen LogP contribution in [0.3, 0.4) is 0 Å². The zero-order valence-electron chi connectivity index (χ0n) is 52.3. The minimum Gasteiger partial charge on any atom is -0.264 e. The van der Waals surface area contributed by atoms with E-state index in [0.717, 1.165) is 96.7 Å². The molecule has 0 aliphatic carbocycles. The molecule has 0 saturated carbocycles. The second-order valence-electron chi connectivity index (χ2n) is 21.0. The van der Waals surface area contributed by atoms with Gasteiger partial charge in [0.25, 0.3) is 0 Å². The van der Waals surface area contributed by atoms with Crippen LogP contribution in [0.25, 0.3) is 56.7 Å². The largest absolute Gasteiger partial charge is 0.264 e. The summed E-state index contributed by atoms with van der Waals surface area (Å²) in [4.78, 5) is 47.7. The summed E-state index contributed by atoms with van der Waals surface area (Å²) in [5.74, 6) is 0. The average Bonchev–Trinajstić information content (AvgIpc) is 3.40. The maximum atomic E-state index is 4.67. The number of benzene rings is 1. The number of rotatable bonds is 5. The Morgan fingerprint density at radius 1 is 0.186 bits per heavy atom. The van der Waals surface area contributed by atoms with Crippen LogP contribution in [-0.4, -0.2) is 54.8 Å². The van der Waals surface area contributed by atoms with Crippen molar-refractivity contribution in [3.05, 3.63) is 304 Å². The molecule has 0 spiro atoms. The van der Waals surface area contributed by atoms with Gasteiger partial charge in [-0.25, -0.2) is 4.98 Å².